The summed E-state index contributed by atoms with van der Waals surface area (Å²) in [7, 11) is -1.63. The van der Waals surface area contributed by atoms with Crippen molar-refractivity contribution in [1.82, 2.24) is 10.6 Å². The summed E-state index contributed by atoms with van der Waals surface area (Å²) >= 11 is 0. The van der Waals surface area contributed by atoms with Gasteiger partial charge in [0.1, 0.15) is 12.2 Å². The van der Waals surface area contributed by atoms with Crippen molar-refractivity contribution in [1.29, 1.82) is 0 Å². The first kappa shape index (κ1) is 30.5. The van der Waals surface area contributed by atoms with Crippen LogP contribution in [0.3, 0.4) is 0 Å². The maximum absolute atomic E-state index is 12.4. The van der Waals surface area contributed by atoms with Gasteiger partial charge in [-0.1, -0.05) is 95.0 Å². The molecule has 0 saturated heterocycles. The lowest BCUT2D eigenvalue weighted by Crippen LogP contribution is -2.48. The first-order valence-corrected chi connectivity index (χ1v) is 15.5. The monoisotopic (exact) mass is 502 g/mol. The lowest BCUT2D eigenvalue weighted by atomic mass is 10.0. The van der Waals surface area contributed by atoms with Gasteiger partial charge in [-0.05, 0) is 43.7 Å². The Bertz CT molecular complexity index is 852. The molecule has 1 aromatic carbocycles. The number of hydrogen-bond acceptors (Lipinski definition) is 4. The van der Waals surface area contributed by atoms with Crippen LogP contribution in [0.15, 0.2) is 54.3 Å². The van der Waals surface area contributed by atoms with Gasteiger partial charge in [-0.25, -0.2) is 9.59 Å². The van der Waals surface area contributed by atoms with Crippen LogP contribution in [-0.2, 0) is 15.9 Å². The van der Waals surface area contributed by atoms with Crippen LogP contribution in [0.2, 0.25) is 18.1 Å². The van der Waals surface area contributed by atoms with E-state index in [-0.39, 0.29) is 30.1 Å². The highest BCUT2D eigenvalue weighted by atomic mass is 28.3. The third kappa shape index (κ3) is 12.6. The second-order valence-electron chi connectivity index (χ2n) is 11.6. The lowest BCUT2D eigenvalue weighted by molar-refractivity contribution is 0.0492. The highest BCUT2D eigenvalue weighted by Crippen LogP contribution is 2.36. The van der Waals surface area contributed by atoms with Crippen LogP contribution in [0.25, 0.3) is 0 Å². The molecular formula is C28H46N2O4Si. The van der Waals surface area contributed by atoms with Crippen molar-refractivity contribution in [2.45, 2.75) is 84.7 Å². The minimum Gasteiger partial charge on any atom is -0.445 e. The molecule has 0 aromatic heterocycles. The number of hydrogen-bond donors (Lipinski definition) is 2. The van der Waals surface area contributed by atoms with E-state index in [1.54, 1.807) is 0 Å². The Balaban J connectivity index is 2.69. The smallest absolute Gasteiger partial charge is 0.407 e. The summed E-state index contributed by atoms with van der Waals surface area (Å²) in [6, 6.07) is 9.74. The average molecular weight is 503 g/mol. The molecular weight excluding hydrogens is 456 g/mol. The van der Waals surface area contributed by atoms with Crippen LogP contribution in [0.1, 0.15) is 54.0 Å². The largest absolute Gasteiger partial charge is 0.445 e. The van der Waals surface area contributed by atoms with Crippen molar-refractivity contribution in [3.8, 4) is 0 Å². The topological polar surface area (TPSA) is 76.7 Å². The predicted octanol–water partition coefficient (Wildman–Crippen LogP) is 6.64. The molecule has 0 fully saturated rings. The second-order valence-corrected chi connectivity index (χ2v) is 16.9. The fourth-order valence-corrected chi connectivity index (χ4v) is 4.16. The molecule has 0 aliphatic rings. The lowest BCUT2D eigenvalue weighted by Gasteiger charge is -2.35. The standard InChI is InChI=1S/C28H46N2O4Si/c1-22(18-20-35(8,9)28(5,6)7)24(30-26(32)34-27(2,3)4)21-29-25(31)33-19-14-13-17-23-15-11-10-12-16-23/h10-16,18,20,22,24H,17,19,21H2,1-9H3,(H,29,31)(H,30,32)/t22-,24+/m0/s1. The third-order valence-electron chi connectivity index (χ3n) is 6.23. The SMILES string of the molecule is C[C@@H](C=C[Si](C)(C)C(C)(C)C)[C@@H](CNC(=O)OCC=CCc1ccccc1)NC(=O)OC(C)(C)C. The van der Waals surface area contributed by atoms with E-state index in [0.29, 0.717) is 0 Å². The molecule has 35 heavy (non-hydrogen) atoms. The van der Waals surface area contributed by atoms with E-state index in [9.17, 15) is 9.59 Å². The van der Waals surface area contributed by atoms with Crippen molar-refractivity contribution in [2.24, 2.45) is 5.92 Å². The molecule has 7 heteroatoms. The van der Waals surface area contributed by atoms with Gasteiger partial charge in [0.25, 0.3) is 0 Å². The summed E-state index contributed by atoms with van der Waals surface area (Å²) < 4.78 is 10.7. The molecule has 0 radical (unpaired) electrons. The van der Waals surface area contributed by atoms with Crippen LogP contribution in [0, 0.1) is 5.92 Å². The molecule has 2 amide bonds. The normalized spacial score (nSPS) is 14.5. The molecule has 2 atom stereocenters. The number of nitrogens with one attached hydrogen (secondary N) is 2. The van der Waals surface area contributed by atoms with Crippen LogP contribution in [0.4, 0.5) is 9.59 Å². The van der Waals surface area contributed by atoms with Gasteiger partial charge >= 0.3 is 12.2 Å². The highest BCUT2D eigenvalue weighted by Gasteiger charge is 2.33. The van der Waals surface area contributed by atoms with Crippen molar-refractivity contribution in [2.75, 3.05) is 13.2 Å². The fourth-order valence-electron chi connectivity index (χ4n) is 2.87. The van der Waals surface area contributed by atoms with E-state index in [2.05, 4.69) is 68.4 Å². The second kappa shape index (κ2) is 13.5. The van der Waals surface area contributed by atoms with Gasteiger partial charge in [0.15, 0.2) is 0 Å². The summed E-state index contributed by atoms with van der Waals surface area (Å²) in [6.07, 6.45) is 5.71. The minimum atomic E-state index is -1.63. The molecule has 0 saturated carbocycles. The van der Waals surface area contributed by atoms with E-state index in [1.165, 1.54) is 5.56 Å². The number of ether oxygens (including phenoxy) is 2. The van der Waals surface area contributed by atoms with Gasteiger partial charge < -0.3 is 20.1 Å². The maximum Gasteiger partial charge on any atom is 0.407 e. The van der Waals surface area contributed by atoms with Crippen molar-refractivity contribution in [3.63, 3.8) is 0 Å². The molecule has 196 valence electrons. The highest BCUT2D eigenvalue weighted by molar-refractivity contribution is 6.84. The molecule has 0 spiro atoms. The van der Waals surface area contributed by atoms with Crippen molar-refractivity contribution in [3.05, 3.63) is 59.8 Å². The van der Waals surface area contributed by atoms with Crippen LogP contribution < -0.4 is 10.6 Å². The van der Waals surface area contributed by atoms with Crippen molar-refractivity contribution >= 4 is 20.3 Å². The van der Waals surface area contributed by atoms with Crippen LogP contribution in [0.5, 0.6) is 0 Å². The number of benzene rings is 1. The zero-order valence-electron chi connectivity index (χ0n) is 23.1. The molecule has 2 N–H and O–H groups in total. The first-order valence-electron chi connectivity index (χ1n) is 12.4. The Hall–Kier alpha value is -2.54. The molecule has 1 aromatic rings. The minimum absolute atomic E-state index is 0.0114. The molecule has 1 rings (SSSR count). The van der Waals surface area contributed by atoms with Gasteiger partial charge in [0.2, 0.25) is 0 Å². The summed E-state index contributed by atoms with van der Waals surface area (Å²) in [6.45, 7) is 19.4. The van der Waals surface area contributed by atoms with Gasteiger partial charge in [0.05, 0.1) is 14.1 Å². The van der Waals surface area contributed by atoms with Crippen LogP contribution >= 0.6 is 0 Å². The molecule has 0 heterocycles. The summed E-state index contributed by atoms with van der Waals surface area (Å²) in [4.78, 5) is 24.7. The Morgan fingerprint density at radius 2 is 1.63 bits per heavy atom. The number of allylic oxidation sites excluding steroid dienone is 1. The zero-order chi connectivity index (χ0) is 26.7. The van der Waals surface area contributed by atoms with E-state index in [4.69, 9.17) is 9.47 Å². The third-order valence-corrected chi connectivity index (χ3v) is 11.1. The number of rotatable bonds is 10. The van der Waals surface area contributed by atoms with E-state index in [1.807, 2.05) is 58.0 Å². The van der Waals surface area contributed by atoms with Gasteiger partial charge in [-0.3, -0.25) is 0 Å². The van der Waals surface area contributed by atoms with Crippen molar-refractivity contribution < 1.29 is 19.1 Å². The Morgan fingerprint density at radius 3 is 2.20 bits per heavy atom. The van der Waals surface area contributed by atoms with Gasteiger partial charge in [0, 0.05) is 6.54 Å². The number of carbonyl (C=O) groups excluding carboxylic acids is 2. The first-order chi connectivity index (χ1) is 16.1. The Kier molecular flexibility index (Phi) is 11.8. The molecule has 0 aliphatic carbocycles. The molecule has 0 unspecified atom stereocenters. The quantitative estimate of drug-likeness (QED) is 0.278. The Labute approximate surface area is 213 Å². The zero-order valence-corrected chi connectivity index (χ0v) is 24.1. The summed E-state index contributed by atoms with van der Waals surface area (Å²) in [5, 5.41) is 5.91. The summed E-state index contributed by atoms with van der Waals surface area (Å²) in [5.41, 5.74) is 2.91. The Morgan fingerprint density at radius 1 is 1.00 bits per heavy atom. The average Bonchev–Trinajstić information content (AvgIpc) is 2.73. The summed E-state index contributed by atoms with van der Waals surface area (Å²) in [5.74, 6) is -0.0114. The van der Waals surface area contributed by atoms with Crippen LogP contribution in [-0.4, -0.2) is 45.1 Å². The number of carbonyl (C=O) groups is 2. The van der Waals surface area contributed by atoms with Gasteiger partial charge in [-0.2, -0.15) is 0 Å². The number of alkyl carbamates (subject to hydrolysis) is 2. The van der Waals surface area contributed by atoms with E-state index in [0.717, 1.165) is 6.42 Å². The van der Waals surface area contributed by atoms with Gasteiger partial charge in [-0.15, -0.1) is 0 Å². The number of amides is 2. The molecule has 0 aliphatic heterocycles. The maximum atomic E-state index is 12.4. The van der Waals surface area contributed by atoms with E-state index >= 15 is 0 Å². The molecule has 6 nitrogen and oxygen atoms in total. The predicted molar refractivity (Wildman–Crippen MR) is 147 cm³/mol. The fraction of sp³-hybridized carbons (Fsp3) is 0.571. The molecule has 0 bridgehead atoms. The van der Waals surface area contributed by atoms with E-state index < -0.39 is 25.9 Å².